The molecule has 1 amide bonds. The number of hydrogen-bond donors (Lipinski definition) is 1. The fraction of sp³-hybridized carbons (Fsp3) is 0.375. The van der Waals surface area contributed by atoms with E-state index in [1.165, 1.54) is 4.31 Å². The molecule has 7 nitrogen and oxygen atoms in total. The van der Waals surface area contributed by atoms with Crippen molar-refractivity contribution in [2.45, 2.75) is 23.8 Å². The van der Waals surface area contributed by atoms with Gasteiger partial charge in [-0.15, -0.1) is 0 Å². The van der Waals surface area contributed by atoms with E-state index in [2.05, 4.69) is 4.98 Å². The van der Waals surface area contributed by atoms with Gasteiger partial charge in [0.25, 0.3) is 0 Å². The molecule has 2 heterocycles. The van der Waals surface area contributed by atoms with Gasteiger partial charge in [0.15, 0.2) is 0 Å². The smallest absolute Gasteiger partial charge is 0.404 e. The average Bonchev–Trinajstić information content (AvgIpc) is 3.24. The van der Waals surface area contributed by atoms with Crippen LogP contribution in [0.25, 0.3) is 10.8 Å². The molecule has 1 aliphatic carbocycles. The molecule has 2 fully saturated rings. The molecule has 1 aliphatic heterocycles. The number of carbonyl (C=O) groups excluding carboxylic acids is 1. The van der Waals surface area contributed by atoms with Gasteiger partial charge in [0, 0.05) is 35.1 Å². The second kappa shape index (κ2) is 5.15. The highest BCUT2D eigenvalue weighted by molar-refractivity contribution is 7.89. The maximum Gasteiger partial charge on any atom is 0.404 e. The van der Waals surface area contributed by atoms with Crippen molar-refractivity contribution in [1.29, 1.82) is 0 Å². The Morgan fingerprint density at radius 2 is 2.12 bits per heavy atom. The number of rotatable bonds is 3. The van der Waals surface area contributed by atoms with Gasteiger partial charge in [-0.1, -0.05) is 12.1 Å². The lowest BCUT2D eigenvalue weighted by Gasteiger charge is -2.17. The molecule has 1 saturated heterocycles. The lowest BCUT2D eigenvalue weighted by atomic mass is 10.0. The van der Waals surface area contributed by atoms with E-state index < -0.39 is 22.2 Å². The normalized spacial score (nSPS) is 22.8. The first kappa shape index (κ1) is 15.3. The molecular formula is C16H17N3O4S. The third kappa shape index (κ3) is 2.33. The number of primary amides is 1. The summed E-state index contributed by atoms with van der Waals surface area (Å²) in [7, 11) is -3.69. The predicted molar refractivity (Wildman–Crippen MR) is 86.6 cm³/mol. The molecule has 2 aromatic rings. The van der Waals surface area contributed by atoms with Crippen molar-refractivity contribution in [3.8, 4) is 0 Å². The molecule has 2 N–H and O–H groups in total. The fourth-order valence-corrected chi connectivity index (χ4v) is 5.23. The van der Waals surface area contributed by atoms with Crippen molar-refractivity contribution < 1.29 is 17.9 Å². The predicted octanol–water partition coefficient (Wildman–Crippen LogP) is 1.48. The van der Waals surface area contributed by atoms with E-state index in [0.29, 0.717) is 11.9 Å². The molecule has 1 aromatic heterocycles. The van der Waals surface area contributed by atoms with Crippen molar-refractivity contribution in [2.75, 3.05) is 13.1 Å². The number of pyridine rings is 1. The highest BCUT2D eigenvalue weighted by Gasteiger charge is 2.59. The Labute approximate surface area is 139 Å². The number of carbonyl (C=O) groups is 1. The van der Waals surface area contributed by atoms with Crippen LogP contribution in [0.2, 0.25) is 0 Å². The Morgan fingerprint density at radius 1 is 1.33 bits per heavy atom. The number of hydrogen-bond acceptors (Lipinski definition) is 5. The first-order valence-corrected chi connectivity index (χ1v) is 9.15. The standard InChI is InChI=1S/C16H17N3O4S/c17-15(20)23-14-9-19(10-16(14)5-6-16)24(21,22)13-3-1-2-11-8-18-7-4-12(11)13/h1-4,7-8,14H,5-6,9-10H2,(H2,17,20). The van der Waals surface area contributed by atoms with Gasteiger partial charge in [-0.3, -0.25) is 4.98 Å². The van der Waals surface area contributed by atoms with Crippen molar-refractivity contribution in [3.63, 3.8) is 0 Å². The van der Waals surface area contributed by atoms with Gasteiger partial charge in [-0.25, -0.2) is 13.2 Å². The van der Waals surface area contributed by atoms with Crippen LogP contribution in [0.15, 0.2) is 41.6 Å². The third-order valence-corrected chi connectivity index (χ3v) is 6.82. The SMILES string of the molecule is NC(=O)OC1CN(S(=O)(=O)c2cccc3cnccc23)CC12CC2. The zero-order chi connectivity index (χ0) is 16.9. The third-order valence-electron chi connectivity index (χ3n) is 4.95. The largest absolute Gasteiger partial charge is 0.444 e. The van der Waals surface area contributed by atoms with Crippen LogP contribution < -0.4 is 5.73 Å². The topological polar surface area (TPSA) is 103 Å². The van der Waals surface area contributed by atoms with E-state index in [0.717, 1.165) is 18.2 Å². The minimum atomic E-state index is -3.69. The first-order valence-electron chi connectivity index (χ1n) is 7.71. The molecule has 1 spiro atoms. The highest BCUT2D eigenvalue weighted by atomic mass is 32.2. The Kier molecular flexibility index (Phi) is 3.29. The summed E-state index contributed by atoms with van der Waals surface area (Å²) in [6, 6.07) is 6.83. The molecule has 1 aromatic carbocycles. The molecule has 24 heavy (non-hydrogen) atoms. The van der Waals surface area contributed by atoms with Crippen molar-refractivity contribution >= 4 is 26.9 Å². The van der Waals surface area contributed by atoms with E-state index in [-0.39, 0.29) is 16.9 Å². The van der Waals surface area contributed by atoms with Gasteiger partial charge in [0.1, 0.15) is 6.10 Å². The zero-order valence-electron chi connectivity index (χ0n) is 12.9. The summed E-state index contributed by atoms with van der Waals surface area (Å²) >= 11 is 0. The van der Waals surface area contributed by atoms with Crippen LogP contribution in [0.1, 0.15) is 12.8 Å². The van der Waals surface area contributed by atoms with E-state index in [9.17, 15) is 13.2 Å². The Bertz CT molecular complexity index is 919. The Morgan fingerprint density at radius 3 is 2.83 bits per heavy atom. The summed E-state index contributed by atoms with van der Waals surface area (Å²) in [5, 5.41) is 1.40. The van der Waals surface area contributed by atoms with Crippen molar-refractivity contribution in [1.82, 2.24) is 9.29 Å². The van der Waals surface area contributed by atoms with Gasteiger partial charge in [0.05, 0.1) is 11.4 Å². The molecule has 1 saturated carbocycles. The monoisotopic (exact) mass is 347 g/mol. The maximum atomic E-state index is 13.1. The maximum absolute atomic E-state index is 13.1. The van der Waals surface area contributed by atoms with Gasteiger partial charge in [-0.2, -0.15) is 4.31 Å². The van der Waals surface area contributed by atoms with E-state index in [1.54, 1.807) is 30.6 Å². The van der Waals surface area contributed by atoms with Crippen molar-refractivity contribution in [2.24, 2.45) is 11.1 Å². The van der Waals surface area contributed by atoms with Crippen molar-refractivity contribution in [3.05, 3.63) is 36.7 Å². The molecule has 4 rings (SSSR count). The second-order valence-electron chi connectivity index (χ2n) is 6.44. The van der Waals surface area contributed by atoms with Crippen LogP contribution >= 0.6 is 0 Å². The number of aromatic nitrogens is 1. The average molecular weight is 347 g/mol. The summed E-state index contributed by atoms with van der Waals surface area (Å²) in [5.74, 6) is 0. The number of amides is 1. The summed E-state index contributed by atoms with van der Waals surface area (Å²) in [5.41, 5.74) is 4.86. The van der Waals surface area contributed by atoms with Crippen LogP contribution in [0.5, 0.6) is 0 Å². The van der Waals surface area contributed by atoms with Crippen LogP contribution in [-0.4, -0.2) is 43.0 Å². The first-order chi connectivity index (χ1) is 11.4. The molecule has 1 atom stereocenters. The van der Waals surface area contributed by atoms with Gasteiger partial charge in [0.2, 0.25) is 10.0 Å². The molecule has 126 valence electrons. The number of nitrogens with zero attached hydrogens (tertiary/aromatic N) is 2. The molecule has 0 bridgehead atoms. The number of nitrogens with two attached hydrogens (primary N) is 1. The van der Waals surface area contributed by atoms with Gasteiger partial charge in [-0.05, 0) is 25.0 Å². The Hall–Kier alpha value is -2.19. The van der Waals surface area contributed by atoms with Crippen LogP contribution in [0.3, 0.4) is 0 Å². The summed E-state index contributed by atoms with van der Waals surface area (Å²) in [4.78, 5) is 15.4. The lowest BCUT2D eigenvalue weighted by Crippen LogP contribution is -2.32. The molecule has 2 aliphatic rings. The molecule has 0 radical (unpaired) electrons. The number of fused-ring (bicyclic) bond motifs is 1. The number of sulfonamides is 1. The Balaban J connectivity index is 1.72. The zero-order valence-corrected chi connectivity index (χ0v) is 13.7. The minimum absolute atomic E-state index is 0.146. The van der Waals surface area contributed by atoms with E-state index in [4.69, 9.17) is 10.5 Å². The van der Waals surface area contributed by atoms with Gasteiger partial charge >= 0.3 is 6.09 Å². The fourth-order valence-electron chi connectivity index (χ4n) is 3.48. The summed E-state index contributed by atoms with van der Waals surface area (Å²) in [6.45, 7) is 0.501. The summed E-state index contributed by atoms with van der Waals surface area (Å²) < 4.78 is 32.8. The second-order valence-corrected chi connectivity index (χ2v) is 8.34. The summed E-state index contributed by atoms with van der Waals surface area (Å²) in [6.07, 6.45) is 3.57. The number of benzene rings is 1. The molecule has 8 heteroatoms. The van der Waals surface area contributed by atoms with Crippen LogP contribution in [0, 0.1) is 5.41 Å². The molecular weight excluding hydrogens is 330 g/mol. The van der Waals surface area contributed by atoms with Crippen LogP contribution in [0.4, 0.5) is 4.79 Å². The van der Waals surface area contributed by atoms with E-state index >= 15 is 0 Å². The minimum Gasteiger partial charge on any atom is -0.444 e. The number of ether oxygens (including phenoxy) is 1. The van der Waals surface area contributed by atoms with E-state index in [1.807, 2.05) is 6.07 Å². The highest BCUT2D eigenvalue weighted by Crippen LogP contribution is 2.55. The lowest BCUT2D eigenvalue weighted by molar-refractivity contribution is 0.0837. The van der Waals surface area contributed by atoms with Crippen LogP contribution in [-0.2, 0) is 14.8 Å². The quantitative estimate of drug-likeness (QED) is 0.906. The van der Waals surface area contributed by atoms with Gasteiger partial charge < -0.3 is 10.5 Å². The molecule has 1 unspecified atom stereocenters.